The Bertz CT molecular complexity index is 1040. The molecule has 6 heteroatoms. The zero-order valence-corrected chi connectivity index (χ0v) is 18.2. The second-order valence-electron chi connectivity index (χ2n) is 7.84. The third-order valence-corrected chi connectivity index (χ3v) is 5.30. The molecule has 0 radical (unpaired) electrons. The molecule has 6 nitrogen and oxygen atoms in total. The summed E-state index contributed by atoms with van der Waals surface area (Å²) >= 11 is 0. The average molecular weight is 446 g/mol. The number of amides is 1. The lowest BCUT2D eigenvalue weighted by molar-refractivity contribution is -0.143. The minimum absolute atomic E-state index is 0.0741. The molecule has 0 fully saturated rings. The molecule has 0 bridgehead atoms. The highest BCUT2D eigenvalue weighted by Gasteiger charge is 2.28. The van der Waals surface area contributed by atoms with E-state index >= 15 is 0 Å². The fourth-order valence-corrected chi connectivity index (χ4v) is 3.53. The number of aliphatic carboxylic acids is 1. The van der Waals surface area contributed by atoms with Gasteiger partial charge in [0.2, 0.25) is 0 Å². The summed E-state index contributed by atoms with van der Waals surface area (Å²) in [6, 6.07) is 26.8. The molecule has 0 spiro atoms. The Balaban J connectivity index is 1.68. The number of carbonyl (C=O) groups is 3. The molecule has 0 aliphatic heterocycles. The first kappa shape index (κ1) is 23.7. The molecular weight excluding hydrogens is 418 g/mol. The van der Waals surface area contributed by atoms with Crippen molar-refractivity contribution in [2.75, 3.05) is 0 Å². The summed E-state index contributed by atoms with van der Waals surface area (Å²) < 4.78 is 5.28. The molecule has 0 aliphatic carbocycles. The van der Waals surface area contributed by atoms with E-state index in [1.165, 1.54) is 0 Å². The van der Waals surface area contributed by atoms with Crippen molar-refractivity contribution in [3.63, 3.8) is 0 Å². The lowest BCUT2D eigenvalue weighted by Gasteiger charge is -2.20. The summed E-state index contributed by atoms with van der Waals surface area (Å²) in [5, 5.41) is 12.3. The van der Waals surface area contributed by atoms with Crippen LogP contribution in [0.15, 0.2) is 91.0 Å². The number of carbonyl (C=O) groups excluding carboxylic acids is 2. The molecule has 0 unspecified atom stereocenters. The second-order valence-corrected chi connectivity index (χ2v) is 7.84. The summed E-state index contributed by atoms with van der Waals surface area (Å²) in [7, 11) is 0. The Kier molecular flexibility index (Phi) is 8.77. The van der Waals surface area contributed by atoms with Crippen LogP contribution in [0.5, 0.6) is 0 Å². The van der Waals surface area contributed by atoms with E-state index in [-0.39, 0.29) is 31.7 Å². The molecule has 33 heavy (non-hydrogen) atoms. The molecule has 0 aliphatic rings. The standard InChI is InChI=1S/C27H27NO5/c29-25(18-23(26(30)31)16-20-10-4-1-5-11-20)24(17-21-12-6-2-7-13-21)28-27(32)33-19-22-14-8-3-9-15-22/h1-15,23-24H,16-19H2,(H,28,32)(H,30,31)/t23-,24-/m1/s1. The number of alkyl carbamates (subject to hydrolysis) is 1. The van der Waals surface area contributed by atoms with Crippen molar-refractivity contribution in [3.8, 4) is 0 Å². The molecule has 3 aromatic carbocycles. The first-order valence-corrected chi connectivity index (χ1v) is 10.8. The van der Waals surface area contributed by atoms with Crippen molar-refractivity contribution in [2.45, 2.75) is 31.9 Å². The second kappa shape index (κ2) is 12.2. The van der Waals surface area contributed by atoms with Crippen LogP contribution >= 0.6 is 0 Å². The summed E-state index contributed by atoms with van der Waals surface area (Å²) in [5.74, 6) is -2.28. The van der Waals surface area contributed by atoms with Crippen LogP contribution in [-0.2, 0) is 33.8 Å². The Morgan fingerprint density at radius 3 is 1.73 bits per heavy atom. The van der Waals surface area contributed by atoms with Gasteiger partial charge < -0.3 is 15.2 Å². The number of Topliss-reactive ketones (excluding diaryl/α,β-unsaturated/α-hetero) is 1. The zero-order chi connectivity index (χ0) is 23.5. The van der Waals surface area contributed by atoms with Crippen molar-refractivity contribution in [2.24, 2.45) is 5.92 Å². The van der Waals surface area contributed by atoms with Gasteiger partial charge in [-0.3, -0.25) is 9.59 Å². The van der Waals surface area contributed by atoms with Crippen molar-refractivity contribution < 1.29 is 24.2 Å². The van der Waals surface area contributed by atoms with Gasteiger partial charge in [0, 0.05) is 6.42 Å². The van der Waals surface area contributed by atoms with Crippen LogP contribution in [0, 0.1) is 5.92 Å². The number of nitrogens with one attached hydrogen (secondary N) is 1. The van der Waals surface area contributed by atoms with E-state index in [0.717, 1.165) is 16.7 Å². The Labute approximate surface area is 193 Å². The number of hydrogen-bond acceptors (Lipinski definition) is 4. The SMILES string of the molecule is O=C(N[C@H](Cc1ccccc1)C(=O)C[C@@H](Cc1ccccc1)C(=O)O)OCc1ccccc1. The Morgan fingerprint density at radius 2 is 1.21 bits per heavy atom. The molecule has 0 aromatic heterocycles. The summed E-state index contributed by atoms with van der Waals surface area (Å²) in [4.78, 5) is 37.4. The monoisotopic (exact) mass is 445 g/mol. The fraction of sp³-hybridized carbons (Fsp3) is 0.222. The van der Waals surface area contributed by atoms with Crippen molar-refractivity contribution in [3.05, 3.63) is 108 Å². The Morgan fingerprint density at radius 1 is 0.727 bits per heavy atom. The summed E-state index contributed by atoms with van der Waals surface area (Å²) in [5.41, 5.74) is 2.52. The van der Waals surface area contributed by atoms with Crippen molar-refractivity contribution in [1.82, 2.24) is 5.32 Å². The number of ketones is 1. The molecule has 3 rings (SSSR count). The molecular formula is C27H27NO5. The number of rotatable bonds is 11. The van der Waals surface area contributed by atoms with Gasteiger partial charge in [-0.05, 0) is 29.5 Å². The number of ether oxygens (including phenoxy) is 1. The molecule has 1 amide bonds. The lowest BCUT2D eigenvalue weighted by atomic mass is 9.90. The third-order valence-electron chi connectivity index (χ3n) is 5.30. The van der Waals surface area contributed by atoms with E-state index in [0.29, 0.717) is 0 Å². The normalized spacial score (nSPS) is 12.4. The molecule has 2 atom stereocenters. The van der Waals surface area contributed by atoms with Crippen molar-refractivity contribution >= 4 is 17.8 Å². The highest BCUT2D eigenvalue weighted by Crippen LogP contribution is 2.16. The highest BCUT2D eigenvalue weighted by molar-refractivity contribution is 5.90. The van der Waals surface area contributed by atoms with Gasteiger partial charge in [0.05, 0.1) is 12.0 Å². The first-order chi connectivity index (χ1) is 16.0. The van der Waals surface area contributed by atoms with Crippen LogP contribution in [0.1, 0.15) is 23.1 Å². The maximum atomic E-state index is 13.1. The fourth-order valence-electron chi connectivity index (χ4n) is 3.53. The van der Waals surface area contributed by atoms with Gasteiger partial charge in [-0.1, -0.05) is 91.0 Å². The van der Waals surface area contributed by atoms with Crippen LogP contribution in [0.25, 0.3) is 0 Å². The van der Waals surface area contributed by atoms with Crippen LogP contribution in [0.3, 0.4) is 0 Å². The van der Waals surface area contributed by atoms with Gasteiger partial charge in [-0.2, -0.15) is 0 Å². The first-order valence-electron chi connectivity index (χ1n) is 10.8. The van der Waals surface area contributed by atoms with Crippen LogP contribution < -0.4 is 5.32 Å². The third kappa shape index (κ3) is 7.92. The van der Waals surface area contributed by atoms with Gasteiger partial charge in [0.25, 0.3) is 0 Å². The van der Waals surface area contributed by atoms with Gasteiger partial charge in [0.15, 0.2) is 5.78 Å². The quantitative estimate of drug-likeness (QED) is 0.456. The molecule has 0 saturated carbocycles. The number of benzene rings is 3. The topological polar surface area (TPSA) is 92.7 Å². The average Bonchev–Trinajstić information content (AvgIpc) is 2.84. The van der Waals surface area contributed by atoms with Gasteiger partial charge in [-0.15, -0.1) is 0 Å². The number of hydrogen-bond donors (Lipinski definition) is 2. The molecule has 170 valence electrons. The van der Waals surface area contributed by atoms with Crippen LogP contribution in [-0.4, -0.2) is 29.0 Å². The van der Waals surface area contributed by atoms with Crippen LogP contribution in [0.4, 0.5) is 4.79 Å². The molecule has 0 heterocycles. The van der Waals surface area contributed by atoms with Gasteiger partial charge >= 0.3 is 12.1 Å². The van der Waals surface area contributed by atoms with Crippen LogP contribution in [0.2, 0.25) is 0 Å². The van der Waals surface area contributed by atoms with Gasteiger partial charge in [0.1, 0.15) is 6.61 Å². The van der Waals surface area contributed by atoms with E-state index in [1.54, 1.807) is 0 Å². The smallest absolute Gasteiger partial charge is 0.408 e. The van der Waals surface area contributed by atoms with E-state index in [1.807, 2.05) is 91.0 Å². The van der Waals surface area contributed by atoms with E-state index in [2.05, 4.69) is 5.32 Å². The lowest BCUT2D eigenvalue weighted by Crippen LogP contribution is -2.43. The molecule has 3 aromatic rings. The maximum absolute atomic E-state index is 13.1. The van der Waals surface area contributed by atoms with Gasteiger partial charge in [-0.25, -0.2) is 4.79 Å². The van der Waals surface area contributed by atoms with E-state index < -0.39 is 24.0 Å². The predicted octanol–water partition coefficient (Wildman–Crippen LogP) is 4.43. The minimum atomic E-state index is -1.04. The summed E-state index contributed by atoms with van der Waals surface area (Å²) in [6.07, 6.45) is -0.431. The number of carboxylic acid groups (broad SMARTS) is 1. The maximum Gasteiger partial charge on any atom is 0.408 e. The molecule has 2 N–H and O–H groups in total. The predicted molar refractivity (Wildman–Crippen MR) is 125 cm³/mol. The Hall–Kier alpha value is -3.93. The summed E-state index contributed by atoms with van der Waals surface area (Å²) in [6.45, 7) is 0.0741. The number of carboxylic acids is 1. The zero-order valence-electron chi connectivity index (χ0n) is 18.2. The van der Waals surface area contributed by atoms with Crippen molar-refractivity contribution in [1.29, 1.82) is 0 Å². The van der Waals surface area contributed by atoms with E-state index in [4.69, 9.17) is 4.74 Å². The largest absolute Gasteiger partial charge is 0.481 e. The molecule has 0 saturated heterocycles. The minimum Gasteiger partial charge on any atom is -0.481 e. The highest BCUT2D eigenvalue weighted by atomic mass is 16.5. The van der Waals surface area contributed by atoms with E-state index in [9.17, 15) is 19.5 Å².